The van der Waals surface area contributed by atoms with Crippen LogP contribution >= 0.6 is 0 Å². The van der Waals surface area contributed by atoms with Crippen molar-refractivity contribution in [2.75, 3.05) is 13.2 Å². The molecule has 0 fully saturated rings. The number of carbonyl (C=O) groups is 4. The Morgan fingerprint density at radius 1 is 0.769 bits per heavy atom. The minimum absolute atomic E-state index is 0.178. The minimum Gasteiger partial charge on any atom is -0.480 e. The molecule has 39 heavy (non-hydrogen) atoms. The van der Waals surface area contributed by atoms with E-state index >= 15 is 0 Å². The van der Waals surface area contributed by atoms with Gasteiger partial charge in [0.05, 0.1) is 6.61 Å². The first-order valence-electron chi connectivity index (χ1n) is 13.8. The van der Waals surface area contributed by atoms with Gasteiger partial charge in [-0.25, -0.2) is 9.59 Å². The summed E-state index contributed by atoms with van der Waals surface area (Å²) in [5.74, 6) is -2.51. The van der Waals surface area contributed by atoms with Crippen LogP contribution in [0.3, 0.4) is 0 Å². The monoisotopic (exact) mass is 542 g/mol. The number of nitrogens with one attached hydrogen (secondary N) is 2. The van der Waals surface area contributed by atoms with Crippen LogP contribution in [0.25, 0.3) is 0 Å². The molecule has 0 aromatic heterocycles. The molecule has 0 rings (SSSR count). The van der Waals surface area contributed by atoms with E-state index in [0.29, 0.717) is 12.8 Å². The molecule has 0 aliphatic heterocycles. The summed E-state index contributed by atoms with van der Waals surface area (Å²) in [5.41, 5.74) is 0. The number of unbranched alkanes of at least 4 members (excludes halogenated alkanes) is 1. The average Bonchev–Trinajstić information content (AvgIpc) is 2.91. The number of carbonyl (C=O) groups excluding carboxylic acids is 3. The summed E-state index contributed by atoms with van der Waals surface area (Å²) >= 11 is 0. The smallest absolute Gasteiger partial charge is 0.330 e. The molecular formula is C31H46N2O6. The molecule has 0 aliphatic carbocycles. The van der Waals surface area contributed by atoms with Crippen LogP contribution in [0, 0.1) is 0 Å². The normalized spacial score (nSPS) is 12.9. The molecule has 8 nitrogen and oxygen atoms in total. The molecule has 0 saturated heterocycles. The zero-order valence-electron chi connectivity index (χ0n) is 23.5. The number of hydrogen-bond acceptors (Lipinski definition) is 5. The number of allylic oxidation sites excluding steroid dienone is 10. The van der Waals surface area contributed by atoms with Crippen molar-refractivity contribution in [3.05, 3.63) is 72.9 Å². The molecule has 0 aromatic rings. The van der Waals surface area contributed by atoms with Gasteiger partial charge in [-0.1, -0.05) is 67.7 Å². The van der Waals surface area contributed by atoms with Gasteiger partial charge >= 0.3 is 11.9 Å². The van der Waals surface area contributed by atoms with Crippen LogP contribution in [0.5, 0.6) is 0 Å². The highest BCUT2D eigenvalue weighted by molar-refractivity contribution is 5.94. The van der Waals surface area contributed by atoms with Gasteiger partial charge in [0.2, 0.25) is 11.8 Å². The Balaban J connectivity index is 3.97. The molecule has 3 N–H and O–H groups in total. The van der Waals surface area contributed by atoms with E-state index in [1.165, 1.54) is 0 Å². The lowest BCUT2D eigenvalue weighted by molar-refractivity contribution is -0.142. The molecular weight excluding hydrogens is 496 g/mol. The molecule has 0 bridgehead atoms. The second-order valence-electron chi connectivity index (χ2n) is 8.58. The van der Waals surface area contributed by atoms with E-state index in [9.17, 15) is 24.3 Å². The second kappa shape index (κ2) is 25.9. The zero-order valence-corrected chi connectivity index (χ0v) is 23.5. The fraction of sp³-hybridized carbons (Fsp3) is 0.484. The van der Waals surface area contributed by atoms with Gasteiger partial charge in [-0.3, -0.25) is 9.59 Å². The number of esters is 1. The van der Waals surface area contributed by atoms with Crippen LogP contribution < -0.4 is 10.6 Å². The maximum atomic E-state index is 12.1. The highest BCUT2D eigenvalue weighted by atomic mass is 16.5. The number of carboxylic acids is 1. The summed E-state index contributed by atoms with van der Waals surface area (Å²) in [6, 6.07) is -1.02. The fourth-order valence-electron chi connectivity index (χ4n) is 3.18. The average molecular weight is 543 g/mol. The maximum Gasteiger partial charge on any atom is 0.330 e. The van der Waals surface area contributed by atoms with Crippen LogP contribution in [-0.4, -0.2) is 48.1 Å². The van der Waals surface area contributed by atoms with E-state index in [1.807, 2.05) is 6.08 Å². The SMILES string of the molecule is CC/C=C\C/C=C\C/C=C\C/C=C\C/C=C\CCCC(=O)N[C@@H](CCCNC(=O)/C=C/C(=O)OCC)C(=O)O. The van der Waals surface area contributed by atoms with Crippen molar-refractivity contribution in [2.24, 2.45) is 0 Å². The van der Waals surface area contributed by atoms with Gasteiger partial charge in [0.25, 0.3) is 0 Å². The molecule has 0 unspecified atom stereocenters. The quantitative estimate of drug-likeness (QED) is 0.0719. The Bertz CT molecular complexity index is 884. The van der Waals surface area contributed by atoms with Gasteiger partial charge in [0, 0.05) is 25.1 Å². The van der Waals surface area contributed by atoms with E-state index in [2.05, 4.69) is 77.0 Å². The summed E-state index contributed by atoms with van der Waals surface area (Å²) in [4.78, 5) is 46.4. The number of aliphatic carboxylic acids is 1. The van der Waals surface area contributed by atoms with Crippen molar-refractivity contribution in [1.29, 1.82) is 0 Å². The molecule has 0 aromatic carbocycles. The van der Waals surface area contributed by atoms with Crippen LogP contribution in [0.15, 0.2) is 72.9 Å². The van der Waals surface area contributed by atoms with Crippen molar-refractivity contribution in [2.45, 2.75) is 84.1 Å². The van der Waals surface area contributed by atoms with Crippen molar-refractivity contribution < 1.29 is 29.0 Å². The van der Waals surface area contributed by atoms with Crippen LogP contribution in [0.1, 0.15) is 78.1 Å². The van der Waals surface area contributed by atoms with E-state index in [4.69, 9.17) is 0 Å². The Morgan fingerprint density at radius 2 is 1.33 bits per heavy atom. The van der Waals surface area contributed by atoms with Crippen molar-refractivity contribution in [1.82, 2.24) is 10.6 Å². The molecule has 0 aliphatic rings. The zero-order chi connectivity index (χ0) is 29.0. The van der Waals surface area contributed by atoms with E-state index in [-0.39, 0.29) is 31.9 Å². The van der Waals surface area contributed by atoms with Gasteiger partial charge in [-0.2, -0.15) is 0 Å². The predicted molar refractivity (Wildman–Crippen MR) is 156 cm³/mol. The van der Waals surface area contributed by atoms with Gasteiger partial charge in [0.15, 0.2) is 0 Å². The Kier molecular flexibility index (Phi) is 23.5. The third-order valence-electron chi connectivity index (χ3n) is 5.19. The van der Waals surface area contributed by atoms with E-state index in [0.717, 1.165) is 50.7 Å². The summed E-state index contributed by atoms with van der Waals surface area (Å²) in [6.45, 7) is 4.23. The van der Waals surface area contributed by atoms with E-state index in [1.54, 1.807) is 6.92 Å². The molecule has 0 heterocycles. The van der Waals surface area contributed by atoms with Gasteiger partial charge in [0.1, 0.15) is 6.04 Å². The van der Waals surface area contributed by atoms with Crippen molar-refractivity contribution >= 4 is 23.8 Å². The molecule has 8 heteroatoms. The summed E-state index contributed by atoms with van der Waals surface area (Å²) in [6.07, 6.45) is 30.3. The van der Waals surface area contributed by atoms with Crippen LogP contribution in [0.4, 0.5) is 0 Å². The molecule has 0 saturated carbocycles. The fourth-order valence-corrected chi connectivity index (χ4v) is 3.18. The Labute approximate surface area is 233 Å². The number of carboxylic acid groups (broad SMARTS) is 1. The van der Waals surface area contributed by atoms with E-state index < -0.39 is 23.9 Å². The number of ether oxygens (including phenoxy) is 1. The molecule has 0 spiro atoms. The minimum atomic E-state index is -1.12. The molecule has 0 radical (unpaired) electrons. The lowest BCUT2D eigenvalue weighted by Gasteiger charge is -2.14. The highest BCUT2D eigenvalue weighted by Crippen LogP contribution is 2.02. The first-order valence-corrected chi connectivity index (χ1v) is 13.8. The first-order chi connectivity index (χ1) is 18.9. The largest absolute Gasteiger partial charge is 0.480 e. The number of amides is 2. The van der Waals surface area contributed by atoms with Crippen LogP contribution in [-0.2, 0) is 23.9 Å². The summed E-state index contributed by atoms with van der Waals surface area (Å²) < 4.78 is 4.68. The Morgan fingerprint density at radius 3 is 1.87 bits per heavy atom. The topological polar surface area (TPSA) is 122 Å². The predicted octanol–water partition coefficient (Wildman–Crippen LogP) is 5.49. The van der Waals surface area contributed by atoms with Gasteiger partial charge < -0.3 is 20.5 Å². The lowest BCUT2D eigenvalue weighted by Crippen LogP contribution is -2.41. The number of rotatable bonds is 22. The maximum absolute atomic E-state index is 12.1. The first kappa shape index (κ1) is 35.3. The number of hydrogen-bond donors (Lipinski definition) is 3. The third-order valence-corrected chi connectivity index (χ3v) is 5.19. The van der Waals surface area contributed by atoms with Gasteiger partial charge in [-0.05, 0) is 64.7 Å². The molecule has 2 amide bonds. The summed E-state index contributed by atoms with van der Waals surface area (Å²) in [7, 11) is 0. The lowest BCUT2D eigenvalue weighted by atomic mass is 10.1. The Hall–Kier alpha value is -3.68. The highest BCUT2D eigenvalue weighted by Gasteiger charge is 2.19. The third kappa shape index (κ3) is 24.4. The van der Waals surface area contributed by atoms with Crippen molar-refractivity contribution in [3.63, 3.8) is 0 Å². The summed E-state index contributed by atoms with van der Waals surface area (Å²) in [5, 5.41) is 14.4. The molecule has 1 atom stereocenters. The van der Waals surface area contributed by atoms with Gasteiger partial charge in [-0.15, -0.1) is 0 Å². The van der Waals surface area contributed by atoms with Crippen molar-refractivity contribution in [3.8, 4) is 0 Å². The van der Waals surface area contributed by atoms with Crippen LogP contribution in [0.2, 0.25) is 0 Å². The molecule has 216 valence electrons. The second-order valence-corrected chi connectivity index (χ2v) is 8.58. The standard InChI is InChI=1S/C31H46N2O6/c1-3-5-6-7-8-9-10-11-12-13-14-15-16-17-18-19-20-23-29(35)33-27(31(37)38)22-21-26-32-28(34)24-25-30(36)39-4-2/h5-6,8-9,11-12,14-15,17-18,24-25,27H,3-4,7,10,13,16,19-23,26H2,1-2H3,(H,32,34)(H,33,35)(H,37,38)/b6-5-,9-8-,12-11-,15-14-,18-17-,25-24+/t27-/m0/s1.